The zero-order chi connectivity index (χ0) is 55.6. The number of epoxide rings is 2. The number of ketones is 4. The molecule has 0 bridgehead atoms. The van der Waals surface area contributed by atoms with Crippen molar-refractivity contribution in [2.45, 2.75) is 151 Å². The van der Waals surface area contributed by atoms with Crippen molar-refractivity contribution >= 4 is 40.7 Å². The first-order chi connectivity index (χ1) is 37.6. The SMILES string of the molecule is C.CC(=O)C1=CO[C@@H]2OC[C@@H]3[C@H]4O[C@H]4[C@H]1[C@H]23.CC(=O)C1=CO[C@@H]2OC[C@@]3(O)[C@@H]2[C@@H]1C[C@H]3Cl.CC(=O)C1=CO[C@@H]2OC[C@@]3(O)[C@@H]2[C@@H]1C[C@H]3O.CC(=O)C1=CO[C@@H]2OC[C@]34O[C@H]3C[C@H]1[C@H]24.COC(=O)C1=CO[C@@H]2OC[C@@]3(O)[C@@H]2[C@@H]1C[C@@H]3O. The number of fused-ring (bicyclic) bond motifs is 3. The first-order valence-electron chi connectivity index (χ1n) is 27.1. The molecule has 0 aromatic carbocycles. The maximum Gasteiger partial charge on any atom is 0.337 e. The molecule has 80 heavy (non-hydrogen) atoms. The summed E-state index contributed by atoms with van der Waals surface area (Å²) in [6.45, 7) is 7.79. The van der Waals surface area contributed by atoms with Crippen molar-refractivity contribution in [1.82, 2.24) is 0 Å². The van der Waals surface area contributed by atoms with Crippen LogP contribution in [0, 0.1) is 65.1 Å². The first-order valence-corrected chi connectivity index (χ1v) is 27.6. The average molecular weight is 1150 g/mol. The number of carbonyl (C=O) groups excluding carboxylic acids is 5. The summed E-state index contributed by atoms with van der Waals surface area (Å²) in [4.78, 5) is 57.4. The van der Waals surface area contributed by atoms with E-state index < -0.39 is 59.8 Å². The second kappa shape index (κ2) is 19.9. The van der Waals surface area contributed by atoms with Crippen LogP contribution in [0.1, 0.15) is 60.8 Å². The maximum absolute atomic E-state index is 11.6. The topological polar surface area (TPSA) is 313 Å². The normalized spacial score (nSPS) is 50.1. The number of allylic oxidation sites excluding steroid dienone is 3. The van der Waals surface area contributed by atoms with Crippen LogP contribution in [0.4, 0.5) is 0 Å². The number of Topliss-reactive ketones (excluding diaryl/α,β-unsaturated/α-hetero) is 4. The molecule has 23 nitrogen and oxygen atoms in total. The standard InChI is InChI=1S/C11H13ClO4.C11H14O6.C11H14O5.2C11H12O4.CH4/c1-5(13)7-3-15-10-9-6(7)2-8(12)11(9,14)4-16-10;1-15-9(13)6-3-16-10-8-5(6)2-7(12)11(8,14)4-17-10;1-5(12)7-3-15-10-9-6(7)2-8(13)11(9,14)4-16-10;1-5(12)7-3-13-10-9-6(7)2-8-11(9,15-8)4-14-10;1-4(12)5-2-13-11-8-6(3-14-11)9-10(15-9)7(5)8;/h3,6,8-10,14H,2,4H2,1H3;3,5,7-8,10,12,14H,2,4H2,1H3;3,6,8-10,13-14H,2,4H2,1H3;3,6,8-10H,2,4H2,1H3;2,6-11H,3H2,1H3;1H4/t6-,8-,9-,10-,11+;5-,7+,8-,10-,11+;6-,8-,9-,10-,11+;6-,8+,9-,10-,11+;6-,7+,8+,9+,10-,11+;/m11110./s1. The summed E-state index contributed by atoms with van der Waals surface area (Å²) in [6.07, 6.45) is 6.87. The van der Waals surface area contributed by atoms with Gasteiger partial charge in [0.05, 0.1) is 137 Å². The second-order valence-electron chi connectivity index (χ2n) is 24.0. The molecule has 7 saturated heterocycles. The molecule has 26 atom stereocenters. The number of rotatable bonds is 5. The Morgan fingerprint density at radius 2 is 0.963 bits per heavy atom. The fourth-order valence-corrected chi connectivity index (χ4v) is 16.6. The lowest BCUT2D eigenvalue weighted by Gasteiger charge is -2.31. The van der Waals surface area contributed by atoms with E-state index in [0.29, 0.717) is 79.2 Å². The lowest BCUT2D eigenvalue weighted by atomic mass is 9.81. The summed E-state index contributed by atoms with van der Waals surface area (Å²) in [6, 6.07) is 0. The summed E-state index contributed by atoms with van der Waals surface area (Å²) in [7, 11) is 1.29. The van der Waals surface area contributed by atoms with E-state index in [1.165, 1.54) is 39.7 Å². The van der Waals surface area contributed by atoms with E-state index in [0.717, 1.165) is 17.6 Å². The number of ether oxygens (including phenoxy) is 13. The van der Waals surface area contributed by atoms with Crippen molar-refractivity contribution < 1.29 is 111 Å². The molecule has 1 spiro atoms. The molecular formula is C56H69ClO23. The lowest BCUT2D eigenvalue weighted by molar-refractivity contribution is -0.142. The average Bonchev–Trinajstić information content (AvgIpc) is 3.92. The van der Waals surface area contributed by atoms with Crippen molar-refractivity contribution in [1.29, 1.82) is 0 Å². The largest absolute Gasteiger partial charge is 0.472 e. The Kier molecular flexibility index (Phi) is 14.0. The number of aliphatic hydroxyl groups excluding tert-OH is 2. The number of halogens is 1. The molecule has 0 amide bonds. The minimum absolute atomic E-state index is 0. The molecule has 0 radical (unpaired) electrons. The van der Waals surface area contributed by atoms with E-state index in [2.05, 4.69) is 4.74 Å². The summed E-state index contributed by atoms with van der Waals surface area (Å²) in [5.74, 6) is -0.247. The van der Waals surface area contributed by atoms with Gasteiger partial charge in [-0.15, -0.1) is 11.6 Å². The molecule has 12 aliphatic heterocycles. The molecule has 12 fully saturated rings. The fourth-order valence-electron chi connectivity index (χ4n) is 16.2. The van der Waals surface area contributed by atoms with Crippen LogP contribution in [0.5, 0.6) is 0 Å². The van der Waals surface area contributed by atoms with Crippen molar-refractivity contribution in [2.24, 2.45) is 65.1 Å². The predicted molar refractivity (Wildman–Crippen MR) is 266 cm³/mol. The van der Waals surface area contributed by atoms with E-state index in [-0.39, 0.29) is 121 Å². The van der Waals surface area contributed by atoms with Gasteiger partial charge in [0.15, 0.2) is 23.1 Å². The summed E-state index contributed by atoms with van der Waals surface area (Å²) < 4.78 is 69.9. The van der Waals surface area contributed by atoms with Crippen molar-refractivity contribution in [3.8, 4) is 0 Å². The highest BCUT2D eigenvalue weighted by Gasteiger charge is 2.76. The number of aliphatic hydroxyl groups is 5. The molecule has 0 unspecified atom stereocenters. The minimum atomic E-state index is -1.32. The van der Waals surface area contributed by atoms with Crippen LogP contribution in [-0.4, -0.2) is 185 Å². The van der Waals surface area contributed by atoms with Gasteiger partial charge in [0.25, 0.3) is 0 Å². The molecule has 5 N–H and O–H groups in total. The van der Waals surface area contributed by atoms with Crippen LogP contribution < -0.4 is 0 Å². The minimum Gasteiger partial charge on any atom is -0.472 e. The fraction of sp³-hybridized carbons (Fsp3) is 0.732. The molecule has 17 rings (SSSR count). The third-order valence-electron chi connectivity index (χ3n) is 20.2. The van der Waals surface area contributed by atoms with Crippen LogP contribution in [0.25, 0.3) is 0 Å². The summed E-state index contributed by atoms with van der Waals surface area (Å²) in [5, 5.41) is 50.5. The Balaban J connectivity index is 0.0000000993. The molecule has 24 heteroatoms. The highest BCUT2D eigenvalue weighted by molar-refractivity contribution is 6.21. The van der Waals surface area contributed by atoms with Crippen molar-refractivity contribution in [3.63, 3.8) is 0 Å². The van der Waals surface area contributed by atoms with Gasteiger partial charge in [0, 0.05) is 63.7 Å². The van der Waals surface area contributed by atoms with E-state index >= 15 is 0 Å². The van der Waals surface area contributed by atoms with Crippen LogP contribution in [-0.2, 0) is 85.6 Å². The van der Waals surface area contributed by atoms with Gasteiger partial charge in [0.1, 0.15) is 22.4 Å². The van der Waals surface area contributed by atoms with E-state index in [9.17, 15) is 49.5 Å². The molecule has 5 saturated carbocycles. The number of methoxy groups -OCH3 is 1. The highest BCUT2D eigenvalue weighted by atomic mass is 35.5. The van der Waals surface area contributed by atoms with E-state index in [1.807, 2.05) is 0 Å². The van der Waals surface area contributed by atoms with Gasteiger partial charge in [-0.05, 0) is 53.4 Å². The van der Waals surface area contributed by atoms with Gasteiger partial charge in [-0.1, -0.05) is 7.43 Å². The van der Waals surface area contributed by atoms with Gasteiger partial charge >= 0.3 is 5.97 Å². The van der Waals surface area contributed by atoms with Gasteiger partial charge in [-0.2, -0.15) is 0 Å². The van der Waals surface area contributed by atoms with Gasteiger partial charge in [-0.3, -0.25) is 19.2 Å². The van der Waals surface area contributed by atoms with Crippen LogP contribution in [0.15, 0.2) is 59.2 Å². The number of alkyl halides is 1. The highest BCUT2D eigenvalue weighted by Crippen LogP contribution is 2.65. The molecule has 17 aliphatic rings. The molecule has 0 aromatic rings. The Bertz CT molecular complexity index is 2690. The molecule has 0 aromatic heterocycles. The summed E-state index contributed by atoms with van der Waals surface area (Å²) in [5.41, 5.74) is -0.610. The number of esters is 1. The summed E-state index contributed by atoms with van der Waals surface area (Å²) >= 11 is 6.17. The lowest BCUT2D eigenvalue weighted by Crippen LogP contribution is -2.45. The quantitative estimate of drug-likeness (QED) is 0.147. The monoisotopic (exact) mass is 1140 g/mol. The Morgan fingerprint density at radius 3 is 1.49 bits per heavy atom. The number of carbonyl (C=O) groups is 5. The van der Waals surface area contributed by atoms with Crippen molar-refractivity contribution in [2.75, 3.05) is 40.1 Å². The zero-order valence-corrected chi connectivity index (χ0v) is 44.7. The molecule has 438 valence electrons. The Morgan fingerprint density at radius 1 is 0.537 bits per heavy atom. The second-order valence-corrected chi connectivity index (χ2v) is 24.5. The number of hydrogen-bond acceptors (Lipinski definition) is 23. The Hall–Kier alpha value is -4.34. The third kappa shape index (κ3) is 8.28. The van der Waals surface area contributed by atoms with Gasteiger partial charge in [0.2, 0.25) is 31.5 Å². The third-order valence-corrected chi connectivity index (χ3v) is 20.8. The van der Waals surface area contributed by atoms with Crippen LogP contribution in [0.3, 0.4) is 0 Å². The smallest absolute Gasteiger partial charge is 0.337 e. The first kappa shape index (κ1) is 56.2. The zero-order valence-electron chi connectivity index (χ0n) is 43.9. The predicted octanol–water partition coefficient (Wildman–Crippen LogP) is 1.28. The van der Waals surface area contributed by atoms with E-state index in [1.54, 1.807) is 26.4 Å². The molecule has 12 heterocycles. The molecular weight excluding hydrogens is 1080 g/mol. The van der Waals surface area contributed by atoms with Crippen molar-refractivity contribution in [3.05, 3.63) is 59.2 Å². The number of hydrogen-bond donors (Lipinski definition) is 5. The van der Waals surface area contributed by atoms with E-state index in [4.69, 9.17) is 68.4 Å². The maximum atomic E-state index is 11.6. The molecule has 5 aliphatic carbocycles. The Labute approximate surface area is 465 Å². The van der Waals surface area contributed by atoms with Gasteiger partial charge in [-0.25, -0.2) is 4.79 Å². The van der Waals surface area contributed by atoms with Gasteiger partial charge < -0.3 is 87.1 Å². The van der Waals surface area contributed by atoms with Crippen LogP contribution in [0.2, 0.25) is 0 Å². The van der Waals surface area contributed by atoms with Crippen LogP contribution >= 0.6 is 11.6 Å².